The number of carbonyl (C=O) groups is 1. The van der Waals surface area contributed by atoms with Crippen LogP contribution in [0.1, 0.15) is 42.1 Å². The molecule has 0 bridgehead atoms. The zero-order chi connectivity index (χ0) is 32.4. The molecule has 0 aliphatic rings. The highest BCUT2D eigenvalue weighted by molar-refractivity contribution is 5.97. The van der Waals surface area contributed by atoms with Gasteiger partial charge in [0, 0.05) is 44.2 Å². The van der Waals surface area contributed by atoms with Gasteiger partial charge in [-0.1, -0.05) is 25.8 Å². The summed E-state index contributed by atoms with van der Waals surface area (Å²) in [5.41, 5.74) is 0.791. The monoisotopic (exact) mass is 624 g/mol. The first-order chi connectivity index (χ1) is 22.2. The molecule has 0 amide bonds. The van der Waals surface area contributed by atoms with Gasteiger partial charge in [-0.2, -0.15) is 5.10 Å². The van der Waals surface area contributed by atoms with Crippen molar-refractivity contribution >= 4 is 11.3 Å². The van der Waals surface area contributed by atoms with E-state index in [1.54, 1.807) is 41.4 Å². The minimum atomic E-state index is -0.827. The lowest BCUT2D eigenvalue weighted by Crippen LogP contribution is -2.41. The van der Waals surface area contributed by atoms with Crippen molar-refractivity contribution in [1.29, 1.82) is 0 Å². The van der Waals surface area contributed by atoms with E-state index in [1.165, 1.54) is 35.0 Å². The molecule has 12 heteroatoms. The van der Waals surface area contributed by atoms with E-state index in [4.69, 9.17) is 4.74 Å². The van der Waals surface area contributed by atoms with Gasteiger partial charge < -0.3 is 9.30 Å². The lowest BCUT2D eigenvalue weighted by atomic mass is 10.0. The molecule has 0 N–H and O–H groups in total. The number of nitrogens with zero attached hydrogens (tertiary/aromatic N) is 6. The average Bonchev–Trinajstić information content (AvgIpc) is 3.70. The topological polar surface area (TPSA) is 105 Å². The molecule has 0 fully saturated rings. The molecule has 46 heavy (non-hydrogen) atoms. The van der Waals surface area contributed by atoms with Crippen LogP contribution in [-0.4, -0.2) is 34.1 Å². The third-order valence-electron chi connectivity index (χ3n) is 7.60. The molecular formula is C34H30F2N6O4. The number of fused-ring (bicyclic) bond motifs is 1. The first-order valence-corrected chi connectivity index (χ1v) is 14.8. The fourth-order valence-corrected chi connectivity index (χ4v) is 5.22. The zero-order valence-corrected chi connectivity index (χ0v) is 25.2. The Balaban J connectivity index is 1.29. The van der Waals surface area contributed by atoms with E-state index in [9.17, 15) is 18.8 Å². The number of pyridine rings is 1. The second-order valence-electron chi connectivity index (χ2n) is 11.0. The Morgan fingerprint density at radius 2 is 1.74 bits per heavy atom. The summed E-state index contributed by atoms with van der Waals surface area (Å²) in [6.07, 6.45) is 10.3. The van der Waals surface area contributed by atoms with Gasteiger partial charge in [-0.15, -0.1) is 0 Å². The maximum Gasteiger partial charge on any atom is 0.335 e. The first kappa shape index (κ1) is 30.4. The van der Waals surface area contributed by atoms with Crippen molar-refractivity contribution in [3.05, 3.63) is 129 Å². The van der Waals surface area contributed by atoms with Crippen LogP contribution in [0.2, 0.25) is 0 Å². The summed E-state index contributed by atoms with van der Waals surface area (Å²) in [5, 5.41) is 4.29. The molecule has 0 aliphatic heterocycles. The van der Waals surface area contributed by atoms with Crippen molar-refractivity contribution in [2.24, 2.45) is 7.05 Å². The van der Waals surface area contributed by atoms with Gasteiger partial charge in [0.05, 0.1) is 23.9 Å². The van der Waals surface area contributed by atoms with Crippen LogP contribution in [0.25, 0.3) is 22.5 Å². The van der Waals surface area contributed by atoms with E-state index in [-0.39, 0.29) is 23.4 Å². The van der Waals surface area contributed by atoms with Crippen molar-refractivity contribution in [1.82, 2.24) is 28.3 Å². The predicted octanol–water partition coefficient (Wildman–Crippen LogP) is 5.73. The number of hydrogen-bond acceptors (Lipinski definition) is 6. The van der Waals surface area contributed by atoms with Crippen LogP contribution in [0, 0.1) is 11.6 Å². The fraction of sp³-hybridized carbons (Fsp3) is 0.206. The summed E-state index contributed by atoms with van der Waals surface area (Å²) in [6, 6.07) is 12.5. The quantitative estimate of drug-likeness (QED) is 0.135. The van der Waals surface area contributed by atoms with Gasteiger partial charge in [-0.05, 0) is 60.5 Å². The lowest BCUT2D eigenvalue weighted by Gasteiger charge is -2.13. The number of ether oxygens (including phenoxy) is 1. The third-order valence-corrected chi connectivity index (χ3v) is 7.60. The predicted molar refractivity (Wildman–Crippen MR) is 168 cm³/mol. The fourth-order valence-electron chi connectivity index (χ4n) is 5.22. The van der Waals surface area contributed by atoms with Crippen LogP contribution in [0.4, 0.5) is 8.78 Å². The van der Waals surface area contributed by atoms with Gasteiger partial charge in [-0.25, -0.2) is 27.6 Å². The number of halogens is 2. The van der Waals surface area contributed by atoms with Gasteiger partial charge >= 0.3 is 5.69 Å². The Labute approximate surface area is 261 Å². The second-order valence-corrected chi connectivity index (χ2v) is 11.0. The Morgan fingerprint density at radius 1 is 0.935 bits per heavy atom. The number of rotatable bonds is 11. The van der Waals surface area contributed by atoms with Gasteiger partial charge in [0.25, 0.3) is 5.56 Å². The average molecular weight is 625 g/mol. The highest BCUT2D eigenvalue weighted by atomic mass is 19.1. The molecule has 6 rings (SSSR count). The zero-order valence-electron chi connectivity index (χ0n) is 25.2. The van der Waals surface area contributed by atoms with E-state index in [2.05, 4.69) is 10.1 Å². The Kier molecular flexibility index (Phi) is 8.43. The SMILES string of the molecule is CCCCCn1cc(C(=O)Cc2ccc(Oc3cc(-c4cn(C)cn4)cn4nccc34)c(F)c2)c(=O)n(-c2ccc(F)cc2)c1=O. The molecule has 0 unspecified atom stereocenters. The van der Waals surface area contributed by atoms with Crippen molar-refractivity contribution in [2.75, 3.05) is 0 Å². The highest BCUT2D eigenvalue weighted by Gasteiger charge is 2.20. The van der Waals surface area contributed by atoms with Crippen molar-refractivity contribution < 1.29 is 18.3 Å². The largest absolute Gasteiger partial charge is 0.452 e. The summed E-state index contributed by atoms with van der Waals surface area (Å²) >= 11 is 0. The van der Waals surface area contributed by atoms with Crippen molar-refractivity contribution in [3.8, 4) is 28.4 Å². The van der Waals surface area contributed by atoms with Crippen LogP contribution in [0.3, 0.4) is 0 Å². The molecule has 0 saturated heterocycles. The van der Waals surface area contributed by atoms with Gasteiger partial charge in [0.15, 0.2) is 23.1 Å². The van der Waals surface area contributed by atoms with E-state index < -0.39 is 28.7 Å². The van der Waals surface area contributed by atoms with E-state index in [1.807, 2.05) is 24.7 Å². The molecule has 4 aromatic heterocycles. The number of Topliss-reactive ketones (excluding diaryl/α,β-unsaturated/α-hetero) is 1. The molecule has 10 nitrogen and oxygen atoms in total. The maximum absolute atomic E-state index is 15.4. The number of imidazole rings is 1. The summed E-state index contributed by atoms with van der Waals surface area (Å²) in [5.74, 6) is -1.55. The number of carbonyl (C=O) groups excluding carboxylic acids is 1. The van der Waals surface area contributed by atoms with Gasteiger partial charge in [-0.3, -0.25) is 14.2 Å². The number of unbranched alkanes of at least 4 members (excludes halogenated alkanes) is 2. The van der Waals surface area contributed by atoms with E-state index in [0.29, 0.717) is 35.5 Å². The number of aryl methyl sites for hydroxylation is 2. The van der Waals surface area contributed by atoms with Crippen LogP contribution in [0.5, 0.6) is 11.5 Å². The maximum atomic E-state index is 15.4. The molecule has 6 aromatic rings. The Hall–Kier alpha value is -5.65. The molecule has 0 aliphatic carbocycles. The Bertz CT molecular complexity index is 2180. The number of benzene rings is 2. The molecule has 4 heterocycles. The normalized spacial score (nSPS) is 11.3. The summed E-state index contributed by atoms with van der Waals surface area (Å²) in [4.78, 5) is 44.6. The third kappa shape index (κ3) is 6.14. The minimum Gasteiger partial charge on any atom is -0.452 e. The summed E-state index contributed by atoms with van der Waals surface area (Å²) in [7, 11) is 1.85. The number of ketones is 1. The molecule has 2 aromatic carbocycles. The molecule has 0 atom stereocenters. The number of hydrogen-bond donors (Lipinski definition) is 0. The van der Waals surface area contributed by atoms with Crippen LogP contribution < -0.4 is 16.0 Å². The molecule has 234 valence electrons. The van der Waals surface area contributed by atoms with Crippen LogP contribution in [-0.2, 0) is 20.0 Å². The summed E-state index contributed by atoms with van der Waals surface area (Å²) in [6.45, 7) is 2.31. The summed E-state index contributed by atoms with van der Waals surface area (Å²) < 4.78 is 40.6. The smallest absolute Gasteiger partial charge is 0.335 e. The Morgan fingerprint density at radius 3 is 2.46 bits per heavy atom. The number of aromatic nitrogens is 6. The van der Waals surface area contributed by atoms with E-state index >= 15 is 4.39 Å². The second kappa shape index (κ2) is 12.8. The molecule has 0 spiro atoms. The molecule has 0 radical (unpaired) electrons. The molecular weight excluding hydrogens is 594 g/mol. The molecule has 0 saturated carbocycles. The minimum absolute atomic E-state index is 0.0689. The van der Waals surface area contributed by atoms with Gasteiger partial charge in [0.1, 0.15) is 16.9 Å². The van der Waals surface area contributed by atoms with Crippen LogP contribution >= 0.6 is 0 Å². The van der Waals surface area contributed by atoms with Crippen molar-refractivity contribution in [3.63, 3.8) is 0 Å². The standard InChI is InChI=1S/C34H30F2N6O4/c1-3-4-5-14-40-19-26(33(44)42(34(40)45)25-9-7-24(35)8-10-25)30(43)16-22-6-11-31(27(36)15-22)46-32-17-23(28-20-39(2)21-37-28)18-41-29(32)12-13-38-41/h6-13,15,17-21H,3-5,14,16H2,1-2H3. The lowest BCUT2D eigenvalue weighted by molar-refractivity contribution is 0.0990. The first-order valence-electron chi connectivity index (χ1n) is 14.8. The highest BCUT2D eigenvalue weighted by Crippen LogP contribution is 2.32. The van der Waals surface area contributed by atoms with E-state index in [0.717, 1.165) is 35.1 Å². The van der Waals surface area contributed by atoms with Crippen LogP contribution in [0.15, 0.2) is 95.3 Å². The van der Waals surface area contributed by atoms with Crippen molar-refractivity contribution in [2.45, 2.75) is 39.2 Å². The van der Waals surface area contributed by atoms with Gasteiger partial charge in [0.2, 0.25) is 0 Å².